The van der Waals surface area contributed by atoms with Crippen molar-refractivity contribution < 1.29 is 5.11 Å². The summed E-state index contributed by atoms with van der Waals surface area (Å²) in [5, 5.41) is 14.5. The van der Waals surface area contributed by atoms with Crippen LogP contribution in [0.15, 0.2) is 0 Å². The van der Waals surface area contributed by atoms with E-state index in [2.05, 4.69) is 23.8 Å². The van der Waals surface area contributed by atoms with Crippen molar-refractivity contribution in [3.8, 4) is 0 Å². The van der Waals surface area contributed by atoms with Crippen LogP contribution in [0, 0.1) is 13.8 Å². The quantitative estimate of drug-likeness (QED) is 0.892. The molecule has 0 saturated carbocycles. The van der Waals surface area contributed by atoms with Gasteiger partial charge < -0.3 is 5.11 Å². The molecule has 4 nitrogen and oxygen atoms in total. The lowest BCUT2D eigenvalue weighted by Gasteiger charge is -2.30. The van der Waals surface area contributed by atoms with Crippen LogP contribution in [0.3, 0.4) is 0 Å². The molecule has 4 heteroatoms. The first-order chi connectivity index (χ1) is 8.29. The Labute approximate surface area is 110 Å². The average Bonchev–Trinajstić information content (AvgIpc) is 2.72. The molecule has 2 heterocycles. The molecule has 18 heavy (non-hydrogen) atoms. The molecule has 0 radical (unpaired) electrons. The zero-order valence-electron chi connectivity index (χ0n) is 12.2. The highest BCUT2D eigenvalue weighted by atomic mass is 16.3. The molecule has 102 valence electrons. The van der Waals surface area contributed by atoms with Crippen LogP contribution in [0.2, 0.25) is 0 Å². The molecule has 1 aliphatic heterocycles. The minimum atomic E-state index is -0.632. The summed E-state index contributed by atoms with van der Waals surface area (Å²) in [5.41, 5.74) is 3.11. The van der Waals surface area contributed by atoms with E-state index >= 15 is 0 Å². The van der Waals surface area contributed by atoms with Crippen molar-refractivity contribution in [2.45, 2.75) is 52.2 Å². The zero-order valence-corrected chi connectivity index (χ0v) is 12.2. The minimum Gasteiger partial charge on any atom is -0.389 e. The van der Waals surface area contributed by atoms with E-state index in [0.29, 0.717) is 6.04 Å². The summed E-state index contributed by atoms with van der Waals surface area (Å²) in [4.78, 5) is 2.40. The predicted octanol–water partition coefficient (Wildman–Crippen LogP) is 1.94. The summed E-state index contributed by atoms with van der Waals surface area (Å²) in [7, 11) is 2.00. The minimum absolute atomic E-state index is 0.421. The maximum absolute atomic E-state index is 10.0. The van der Waals surface area contributed by atoms with Crippen LogP contribution in [-0.4, -0.2) is 38.5 Å². The van der Waals surface area contributed by atoms with Crippen LogP contribution in [0.5, 0.6) is 0 Å². The third-order valence-corrected chi connectivity index (χ3v) is 3.85. The molecular weight excluding hydrogens is 226 g/mol. The van der Waals surface area contributed by atoms with Gasteiger partial charge >= 0.3 is 0 Å². The topological polar surface area (TPSA) is 41.3 Å². The maximum atomic E-state index is 10.0. The summed E-state index contributed by atoms with van der Waals surface area (Å²) >= 11 is 0. The fraction of sp³-hybridized carbons (Fsp3) is 0.786. The highest BCUT2D eigenvalue weighted by Gasteiger charge is 2.32. The third-order valence-electron chi connectivity index (χ3n) is 3.85. The monoisotopic (exact) mass is 251 g/mol. The molecule has 2 rings (SSSR count). The number of aryl methyl sites for hydroxylation is 2. The van der Waals surface area contributed by atoms with E-state index in [1.54, 1.807) is 0 Å². The first-order valence-corrected chi connectivity index (χ1v) is 6.76. The first-order valence-electron chi connectivity index (χ1n) is 6.76. The molecule has 1 N–H and O–H groups in total. The Morgan fingerprint density at radius 2 is 2.06 bits per heavy atom. The highest BCUT2D eigenvalue weighted by molar-refractivity contribution is 5.29. The highest BCUT2D eigenvalue weighted by Crippen LogP contribution is 2.36. The Balaban J connectivity index is 2.26. The van der Waals surface area contributed by atoms with Gasteiger partial charge in [0.15, 0.2) is 0 Å². The number of rotatable bonds is 3. The fourth-order valence-electron chi connectivity index (χ4n) is 3.11. The summed E-state index contributed by atoms with van der Waals surface area (Å²) in [6, 6.07) is 0.421. The molecule has 1 unspecified atom stereocenters. The number of hydrogen-bond acceptors (Lipinski definition) is 3. The Morgan fingerprint density at radius 3 is 2.56 bits per heavy atom. The van der Waals surface area contributed by atoms with Gasteiger partial charge in [0.1, 0.15) is 0 Å². The maximum Gasteiger partial charge on any atom is 0.0718 e. The van der Waals surface area contributed by atoms with Crippen molar-refractivity contribution in [2.24, 2.45) is 7.05 Å². The standard InChI is InChI=1S/C14H25N3O/c1-10-13(11(2)16(5)15-10)12-7-6-8-17(12)9-14(3,4)18/h12,18H,6-9H2,1-5H3. The molecule has 0 aromatic carbocycles. The SMILES string of the molecule is Cc1nn(C)c(C)c1C1CCCN1CC(C)(C)O. The zero-order chi connectivity index (χ0) is 13.5. The summed E-state index contributed by atoms with van der Waals surface area (Å²) in [6.07, 6.45) is 2.37. The lowest BCUT2D eigenvalue weighted by atomic mass is 10.0. The van der Waals surface area contributed by atoms with Crippen molar-refractivity contribution in [2.75, 3.05) is 13.1 Å². The van der Waals surface area contributed by atoms with Crippen molar-refractivity contribution in [1.29, 1.82) is 0 Å². The molecule has 1 fully saturated rings. The van der Waals surface area contributed by atoms with Gasteiger partial charge in [0, 0.05) is 30.9 Å². The largest absolute Gasteiger partial charge is 0.389 e. The Bertz CT molecular complexity index is 431. The molecule has 0 bridgehead atoms. The van der Waals surface area contributed by atoms with Gasteiger partial charge in [-0.15, -0.1) is 0 Å². The second-order valence-electron chi connectivity index (χ2n) is 6.15. The number of nitrogens with zero attached hydrogens (tertiary/aromatic N) is 3. The molecule has 1 aliphatic rings. The third kappa shape index (κ3) is 2.59. The molecular formula is C14H25N3O. The number of aromatic nitrogens is 2. The summed E-state index contributed by atoms with van der Waals surface area (Å²) < 4.78 is 1.96. The van der Waals surface area contributed by atoms with Crippen LogP contribution in [0.25, 0.3) is 0 Å². The van der Waals surface area contributed by atoms with E-state index < -0.39 is 5.60 Å². The second-order valence-corrected chi connectivity index (χ2v) is 6.15. The summed E-state index contributed by atoms with van der Waals surface area (Å²) in [6.45, 7) is 9.78. The second kappa shape index (κ2) is 4.67. The van der Waals surface area contributed by atoms with E-state index in [0.717, 1.165) is 18.8 Å². The van der Waals surface area contributed by atoms with Crippen LogP contribution >= 0.6 is 0 Å². The molecule has 1 saturated heterocycles. The summed E-state index contributed by atoms with van der Waals surface area (Å²) in [5.74, 6) is 0. The van der Waals surface area contributed by atoms with E-state index in [-0.39, 0.29) is 0 Å². The van der Waals surface area contributed by atoms with Crippen LogP contribution < -0.4 is 0 Å². The van der Waals surface area contributed by atoms with Crippen molar-refractivity contribution in [1.82, 2.24) is 14.7 Å². The number of β-amino-alcohol motifs (C(OH)–C–C–N with tert-alkyl or cyclic N) is 1. The Morgan fingerprint density at radius 1 is 1.39 bits per heavy atom. The number of likely N-dealkylation sites (tertiary alicyclic amines) is 1. The lowest BCUT2D eigenvalue weighted by molar-refractivity contribution is 0.0316. The van der Waals surface area contributed by atoms with Crippen LogP contribution in [-0.2, 0) is 7.05 Å². The van der Waals surface area contributed by atoms with Crippen molar-refractivity contribution >= 4 is 0 Å². The number of hydrogen-bond donors (Lipinski definition) is 1. The van der Waals surface area contributed by atoms with Gasteiger partial charge in [-0.2, -0.15) is 5.10 Å². The lowest BCUT2D eigenvalue weighted by Crippen LogP contribution is -2.38. The van der Waals surface area contributed by atoms with E-state index in [9.17, 15) is 5.11 Å². The smallest absolute Gasteiger partial charge is 0.0718 e. The van der Waals surface area contributed by atoms with Crippen LogP contribution in [0.1, 0.15) is 49.7 Å². The van der Waals surface area contributed by atoms with Crippen molar-refractivity contribution in [3.63, 3.8) is 0 Å². The first kappa shape index (κ1) is 13.6. The van der Waals surface area contributed by atoms with Gasteiger partial charge in [-0.3, -0.25) is 9.58 Å². The van der Waals surface area contributed by atoms with Gasteiger partial charge in [0.25, 0.3) is 0 Å². The van der Waals surface area contributed by atoms with Gasteiger partial charge in [0.2, 0.25) is 0 Å². The van der Waals surface area contributed by atoms with Gasteiger partial charge in [-0.25, -0.2) is 0 Å². The van der Waals surface area contributed by atoms with E-state index in [1.165, 1.54) is 24.1 Å². The average molecular weight is 251 g/mol. The van der Waals surface area contributed by atoms with Gasteiger partial charge in [0.05, 0.1) is 11.3 Å². The fourth-order valence-corrected chi connectivity index (χ4v) is 3.11. The van der Waals surface area contributed by atoms with Gasteiger partial charge in [-0.05, 0) is 47.1 Å². The van der Waals surface area contributed by atoms with Crippen LogP contribution in [0.4, 0.5) is 0 Å². The Hall–Kier alpha value is -0.870. The molecule has 1 aromatic heterocycles. The molecule has 1 aromatic rings. The van der Waals surface area contributed by atoms with Gasteiger partial charge in [-0.1, -0.05) is 0 Å². The van der Waals surface area contributed by atoms with Crippen molar-refractivity contribution in [3.05, 3.63) is 17.0 Å². The normalized spacial score (nSPS) is 21.8. The van der Waals surface area contributed by atoms with E-state index in [1.807, 2.05) is 25.6 Å². The molecule has 0 amide bonds. The number of aliphatic hydroxyl groups is 1. The predicted molar refractivity (Wildman–Crippen MR) is 72.5 cm³/mol. The molecule has 0 aliphatic carbocycles. The van der Waals surface area contributed by atoms with E-state index in [4.69, 9.17) is 0 Å². The molecule has 1 atom stereocenters. The Kier molecular flexibility index (Phi) is 3.52. The molecule has 0 spiro atoms.